The third-order valence-corrected chi connectivity index (χ3v) is 7.57. The number of thioether (sulfide) groups is 1. The Hall–Kier alpha value is -3.46. The van der Waals surface area contributed by atoms with Gasteiger partial charge < -0.3 is 5.32 Å². The summed E-state index contributed by atoms with van der Waals surface area (Å²) in [5.41, 5.74) is 2.51. The van der Waals surface area contributed by atoms with Gasteiger partial charge in [0.05, 0.1) is 18.8 Å². The molecule has 0 aliphatic carbocycles. The molecule has 0 aromatic heterocycles. The van der Waals surface area contributed by atoms with E-state index in [1.807, 2.05) is 54.6 Å². The molecule has 8 heteroatoms. The van der Waals surface area contributed by atoms with Crippen molar-refractivity contribution in [3.05, 3.63) is 114 Å². The number of fused-ring (bicyclic) bond motifs is 1. The third kappa shape index (κ3) is 8.01. The lowest BCUT2D eigenvalue weighted by molar-refractivity contribution is -0.119. The van der Waals surface area contributed by atoms with Crippen molar-refractivity contribution in [3.63, 3.8) is 0 Å². The molecular formula is C29H28N2O4S2. The number of ketones is 1. The maximum absolute atomic E-state index is 13.0. The predicted octanol–water partition coefficient (Wildman–Crippen LogP) is 4.59. The average molecular weight is 533 g/mol. The number of carbonyl (C=O) groups excluding carboxylic acids is 2. The second kappa shape index (κ2) is 12.2. The molecule has 4 aromatic carbocycles. The van der Waals surface area contributed by atoms with Gasteiger partial charge in [-0.05, 0) is 52.6 Å². The monoisotopic (exact) mass is 532 g/mol. The van der Waals surface area contributed by atoms with Gasteiger partial charge in [0.2, 0.25) is 10.0 Å². The molecule has 0 radical (unpaired) electrons. The van der Waals surface area contributed by atoms with Crippen molar-refractivity contribution in [2.24, 2.45) is 0 Å². The van der Waals surface area contributed by atoms with E-state index in [2.05, 4.69) is 40.4 Å². The first-order valence-electron chi connectivity index (χ1n) is 11.8. The zero-order valence-electron chi connectivity index (χ0n) is 20.4. The van der Waals surface area contributed by atoms with E-state index < -0.39 is 21.8 Å². The summed E-state index contributed by atoms with van der Waals surface area (Å²) in [6.07, 6.45) is 1.25. The maximum Gasteiger partial charge on any atom is 0.251 e. The van der Waals surface area contributed by atoms with Crippen LogP contribution in [0.15, 0.2) is 102 Å². The van der Waals surface area contributed by atoms with Crippen molar-refractivity contribution >= 4 is 44.2 Å². The molecule has 4 aromatic rings. The Labute approximate surface area is 221 Å². The van der Waals surface area contributed by atoms with E-state index in [1.165, 1.54) is 16.3 Å². The van der Waals surface area contributed by atoms with Gasteiger partial charge in [-0.3, -0.25) is 9.59 Å². The summed E-state index contributed by atoms with van der Waals surface area (Å²) >= 11 is 1.68. The second-order valence-electron chi connectivity index (χ2n) is 8.77. The molecule has 1 amide bonds. The van der Waals surface area contributed by atoms with Crippen LogP contribution in [0, 0.1) is 0 Å². The smallest absolute Gasteiger partial charge is 0.251 e. The van der Waals surface area contributed by atoms with Crippen LogP contribution in [0.2, 0.25) is 0 Å². The summed E-state index contributed by atoms with van der Waals surface area (Å²) < 4.78 is 25.1. The number of hydrogen-bond donors (Lipinski definition) is 2. The van der Waals surface area contributed by atoms with Crippen LogP contribution in [0.25, 0.3) is 10.8 Å². The van der Waals surface area contributed by atoms with Gasteiger partial charge in [-0.15, -0.1) is 11.8 Å². The highest BCUT2D eigenvalue weighted by Gasteiger charge is 2.22. The van der Waals surface area contributed by atoms with Crippen LogP contribution < -0.4 is 10.0 Å². The van der Waals surface area contributed by atoms with E-state index in [4.69, 9.17) is 0 Å². The fourth-order valence-corrected chi connectivity index (χ4v) is 5.11. The van der Waals surface area contributed by atoms with Crippen LogP contribution >= 0.6 is 11.8 Å². The Kier molecular flexibility index (Phi) is 8.76. The van der Waals surface area contributed by atoms with Gasteiger partial charge in [-0.25, -0.2) is 13.1 Å². The zero-order valence-corrected chi connectivity index (χ0v) is 22.0. The highest BCUT2D eigenvalue weighted by molar-refractivity contribution is 7.98. The van der Waals surface area contributed by atoms with Crippen LogP contribution in [0.3, 0.4) is 0 Å². The summed E-state index contributed by atoms with van der Waals surface area (Å²) in [4.78, 5) is 26.8. The quantitative estimate of drug-likeness (QED) is 0.276. The molecule has 6 nitrogen and oxygen atoms in total. The number of sulfonamides is 1. The first kappa shape index (κ1) is 26.6. The highest BCUT2D eigenvalue weighted by Crippen LogP contribution is 2.25. The molecule has 0 bridgehead atoms. The molecule has 0 unspecified atom stereocenters. The van der Waals surface area contributed by atoms with E-state index in [0.717, 1.165) is 22.5 Å². The average Bonchev–Trinajstić information content (AvgIpc) is 2.90. The SMILES string of the molecule is CS(=O)(=O)NCC(=O)[C@H](Cc1ccccc1)NC(=O)c1ccc(SCc2ccc3ccccc3c2)cc1. The van der Waals surface area contributed by atoms with Gasteiger partial charge in [-0.2, -0.15) is 0 Å². The number of rotatable bonds is 11. The summed E-state index contributed by atoms with van der Waals surface area (Å²) in [6.45, 7) is -0.388. The molecule has 0 aliphatic rings. The summed E-state index contributed by atoms with van der Waals surface area (Å²) in [5.74, 6) is 0.00193. The molecule has 0 saturated carbocycles. The Morgan fingerprint density at radius 3 is 2.19 bits per heavy atom. The molecular weight excluding hydrogens is 504 g/mol. The van der Waals surface area contributed by atoms with Crippen LogP contribution in [0.1, 0.15) is 21.5 Å². The van der Waals surface area contributed by atoms with Crippen molar-refractivity contribution in [1.29, 1.82) is 0 Å². The number of carbonyl (C=O) groups is 2. The van der Waals surface area contributed by atoms with Gasteiger partial charge >= 0.3 is 0 Å². The molecule has 0 spiro atoms. The van der Waals surface area contributed by atoms with Crippen molar-refractivity contribution < 1.29 is 18.0 Å². The summed E-state index contributed by atoms with van der Waals surface area (Å²) in [7, 11) is -3.53. The molecule has 2 N–H and O–H groups in total. The van der Waals surface area contributed by atoms with E-state index >= 15 is 0 Å². The Balaban J connectivity index is 1.39. The molecule has 0 aliphatic heterocycles. The second-order valence-corrected chi connectivity index (χ2v) is 11.7. The fourth-order valence-electron chi connectivity index (χ4n) is 3.86. The highest BCUT2D eigenvalue weighted by atomic mass is 32.2. The van der Waals surface area contributed by atoms with Crippen molar-refractivity contribution in [2.45, 2.75) is 23.1 Å². The third-order valence-electron chi connectivity index (χ3n) is 5.82. The number of Topliss-reactive ketones (excluding diaryl/α,β-unsaturated/α-hetero) is 1. The Morgan fingerprint density at radius 2 is 1.49 bits per heavy atom. The van der Waals surface area contributed by atoms with E-state index in [9.17, 15) is 18.0 Å². The minimum atomic E-state index is -3.53. The lowest BCUT2D eigenvalue weighted by atomic mass is 10.0. The Morgan fingerprint density at radius 1 is 0.811 bits per heavy atom. The van der Waals surface area contributed by atoms with Gasteiger partial charge in [0, 0.05) is 16.2 Å². The van der Waals surface area contributed by atoms with E-state index in [0.29, 0.717) is 5.56 Å². The summed E-state index contributed by atoms with van der Waals surface area (Å²) in [5, 5.41) is 5.20. The Bertz CT molecular complexity index is 1490. The van der Waals surface area contributed by atoms with E-state index in [-0.39, 0.29) is 18.9 Å². The topological polar surface area (TPSA) is 92.3 Å². The lowest BCUT2D eigenvalue weighted by Gasteiger charge is -2.18. The number of nitrogens with one attached hydrogen (secondary N) is 2. The predicted molar refractivity (Wildman–Crippen MR) is 149 cm³/mol. The van der Waals surface area contributed by atoms with Gasteiger partial charge in [-0.1, -0.05) is 72.8 Å². The number of hydrogen-bond acceptors (Lipinski definition) is 5. The van der Waals surface area contributed by atoms with Gasteiger partial charge in [0.25, 0.3) is 5.91 Å². The summed E-state index contributed by atoms with van der Waals surface area (Å²) in [6, 6.07) is 30.3. The fraction of sp³-hybridized carbons (Fsp3) is 0.172. The van der Waals surface area contributed by atoms with Gasteiger partial charge in [0.1, 0.15) is 0 Å². The first-order valence-corrected chi connectivity index (χ1v) is 14.7. The molecule has 37 heavy (non-hydrogen) atoms. The zero-order chi connectivity index (χ0) is 26.3. The van der Waals surface area contributed by atoms with Crippen LogP contribution in [-0.2, 0) is 27.0 Å². The van der Waals surface area contributed by atoms with Crippen LogP contribution in [0.5, 0.6) is 0 Å². The molecule has 4 rings (SSSR count). The minimum absolute atomic E-state index is 0.260. The van der Waals surface area contributed by atoms with E-state index in [1.54, 1.807) is 23.9 Å². The number of amides is 1. The number of benzene rings is 4. The molecule has 0 heterocycles. The molecule has 190 valence electrons. The maximum atomic E-state index is 13.0. The van der Waals surface area contributed by atoms with Gasteiger partial charge in [0.15, 0.2) is 5.78 Å². The minimum Gasteiger partial charge on any atom is -0.342 e. The molecule has 0 fully saturated rings. The largest absolute Gasteiger partial charge is 0.342 e. The normalized spacial score (nSPS) is 12.2. The molecule has 0 saturated heterocycles. The first-order chi connectivity index (χ1) is 17.8. The standard InChI is InChI=1S/C29H28N2O4S2/c1-37(34,35)30-19-28(32)27(18-21-7-3-2-4-8-21)31-29(33)24-13-15-26(16-14-24)36-20-22-11-12-23-9-5-6-10-25(23)17-22/h2-17,27,30H,18-20H2,1H3,(H,31,33)/t27-/m0/s1. The van der Waals surface area contributed by atoms with Crippen LogP contribution in [-0.4, -0.2) is 39.0 Å². The van der Waals surface area contributed by atoms with Crippen molar-refractivity contribution in [2.75, 3.05) is 12.8 Å². The van der Waals surface area contributed by atoms with Crippen LogP contribution in [0.4, 0.5) is 0 Å². The van der Waals surface area contributed by atoms with Crippen molar-refractivity contribution in [3.8, 4) is 0 Å². The lowest BCUT2D eigenvalue weighted by Crippen LogP contribution is -2.46. The van der Waals surface area contributed by atoms with Crippen molar-refractivity contribution in [1.82, 2.24) is 10.0 Å². The molecule has 1 atom stereocenters.